The van der Waals surface area contributed by atoms with Crippen molar-refractivity contribution < 1.29 is 23.1 Å². The van der Waals surface area contributed by atoms with E-state index in [2.05, 4.69) is 0 Å². The summed E-state index contributed by atoms with van der Waals surface area (Å²) in [6.45, 7) is 1.64. The highest BCUT2D eigenvalue weighted by Crippen LogP contribution is 2.25. The molecule has 0 unspecified atom stereocenters. The van der Waals surface area contributed by atoms with E-state index in [1.54, 1.807) is 0 Å². The van der Waals surface area contributed by atoms with Crippen molar-refractivity contribution in [2.24, 2.45) is 0 Å². The highest BCUT2D eigenvalue weighted by Gasteiger charge is 2.27. The molecule has 1 fully saturated rings. The van der Waals surface area contributed by atoms with Gasteiger partial charge < -0.3 is 9.84 Å². The van der Waals surface area contributed by atoms with E-state index in [4.69, 9.17) is 9.84 Å². The van der Waals surface area contributed by atoms with Crippen LogP contribution < -0.4 is 0 Å². The summed E-state index contributed by atoms with van der Waals surface area (Å²) < 4.78 is 31.1. The normalized spacial score (nSPS) is 18.4. The molecule has 1 saturated heterocycles. The topological polar surface area (TPSA) is 83.9 Å². The van der Waals surface area contributed by atoms with Crippen LogP contribution in [0.5, 0.6) is 0 Å². The van der Waals surface area contributed by atoms with Crippen LogP contribution in [-0.4, -0.2) is 50.1 Å². The summed E-state index contributed by atoms with van der Waals surface area (Å²) in [5.41, 5.74) is 0. The van der Waals surface area contributed by atoms with Crippen molar-refractivity contribution >= 4 is 27.3 Å². The maximum Gasteiger partial charge on any atom is 0.345 e. The second kappa shape index (κ2) is 5.35. The van der Waals surface area contributed by atoms with Gasteiger partial charge >= 0.3 is 5.97 Å². The minimum absolute atomic E-state index is 0.0275. The highest BCUT2D eigenvalue weighted by molar-refractivity contribution is 7.91. The summed E-state index contributed by atoms with van der Waals surface area (Å²) in [5.74, 6) is -1.11. The molecule has 0 atom stereocenters. The first-order valence-electron chi connectivity index (χ1n) is 5.43. The van der Waals surface area contributed by atoms with Crippen LogP contribution in [-0.2, 0) is 14.8 Å². The zero-order valence-corrected chi connectivity index (χ0v) is 11.2. The number of sulfonamides is 1. The first-order chi connectivity index (χ1) is 8.51. The molecular formula is C10H13NO5S2. The second-order valence-electron chi connectivity index (χ2n) is 3.79. The number of aromatic carboxylic acids is 1. The Bertz CT molecular complexity index is 528. The Morgan fingerprint density at radius 2 is 2.11 bits per heavy atom. The highest BCUT2D eigenvalue weighted by atomic mass is 32.2. The SMILES string of the molecule is O=C(O)c1ccc(S(=O)(=O)N2CCCOCC2)s1. The van der Waals surface area contributed by atoms with Gasteiger partial charge in [0.2, 0.25) is 0 Å². The van der Waals surface area contributed by atoms with Gasteiger partial charge in [-0.05, 0) is 18.6 Å². The Labute approximate surface area is 109 Å². The lowest BCUT2D eigenvalue weighted by Crippen LogP contribution is -2.32. The summed E-state index contributed by atoms with van der Waals surface area (Å²) in [6.07, 6.45) is 0.649. The van der Waals surface area contributed by atoms with E-state index in [0.29, 0.717) is 32.7 Å². The maximum absolute atomic E-state index is 12.3. The molecule has 0 spiro atoms. The van der Waals surface area contributed by atoms with Crippen molar-refractivity contribution in [1.82, 2.24) is 4.31 Å². The molecule has 8 heteroatoms. The molecule has 18 heavy (non-hydrogen) atoms. The second-order valence-corrected chi connectivity index (χ2v) is 7.04. The third kappa shape index (κ3) is 2.72. The van der Waals surface area contributed by atoms with E-state index >= 15 is 0 Å². The van der Waals surface area contributed by atoms with Crippen LogP contribution in [0.1, 0.15) is 16.1 Å². The molecule has 100 valence electrons. The van der Waals surface area contributed by atoms with E-state index in [1.165, 1.54) is 16.4 Å². The summed E-state index contributed by atoms with van der Waals surface area (Å²) in [7, 11) is -3.59. The molecule has 0 saturated carbocycles. The van der Waals surface area contributed by atoms with Crippen molar-refractivity contribution in [3.05, 3.63) is 17.0 Å². The number of ether oxygens (including phenoxy) is 1. The molecule has 1 aromatic heterocycles. The molecule has 0 bridgehead atoms. The van der Waals surface area contributed by atoms with Crippen LogP contribution in [0.25, 0.3) is 0 Å². The molecule has 0 aromatic carbocycles. The van der Waals surface area contributed by atoms with Gasteiger partial charge in [-0.2, -0.15) is 4.31 Å². The first kappa shape index (κ1) is 13.5. The van der Waals surface area contributed by atoms with Crippen LogP contribution in [0.15, 0.2) is 16.3 Å². The fourth-order valence-corrected chi connectivity index (χ4v) is 4.43. The Balaban J connectivity index is 2.25. The molecule has 1 aliphatic heterocycles. The van der Waals surface area contributed by atoms with Crippen molar-refractivity contribution in [3.8, 4) is 0 Å². The number of thiophene rings is 1. The molecule has 0 aliphatic carbocycles. The fraction of sp³-hybridized carbons (Fsp3) is 0.500. The number of rotatable bonds is 3. The van der Waals surface area contributed by atoms with Crippen LogP contribution >= 0.6 is 11.3 Å². The quantitative estimate of drug-likeness (QED) is 0.893. The van der Waals surface area contributed by atoms with Crippen molar-refractivity contribution in [1.29, 1.82) is 0 Å². The molecule has 1 aromatic rings. The van der Waals surface area contributed by atoms with E-state index in [0.717, 1.165) is 11.3 Å². The number of carboxylic acid groups (broad SMARTS) is 1. The lowest BCUT2D eigenvalue weighted by atomic mass is 10.5. The smallest absolute Gasteiger partial charge is 0.345 e. The van der Waals surface area contributed by atoms with Gasteiger partial charge in [0, 0.05) is 19.7 Å². The molecule has 6 nitrogen and oxygen atoms in total. The number of carbonyl (C=O) groups is 1. The zero-order valence-electron chi connectivity index (χ0n) is 9.53. The molecule has 0 radical (unpaired) electrons. The molecular weight excluding hydrogens is 278 g/mol. The van der Waals surface area contributed by atoms with Gasteiger partial charge in [-0.15, -0.1) is 11.3 Å². The van der Waals surface area contributed by atoms with Crippen molar-refractivity contribution in [3.63, 3.8) is 0 Å². The standard InChI is InChI=1S/C10H13NO5S2/c12-10(13)8-2-3-9(17-8)18(14,15)11-4-1-6-16-7-5-11/h2-3H,1,4-7H2,(H,12,13). The summed E-state index contributed by atoms with van der Waals surface area (Å²) in [6, 6.07) is 2.66. The monoisotopic (exact) mass is 291 g/mol. The number of nitrogens with zero attached hydrogens (tertiary/aromatic N) is 1. The first-order valence-corrected chi connectivity index (χ1v) is 7.68. The predicted molar refractivity (Wildman–Crippen MR) is 65.5 cm³/mol. The van der Waals surface area contributed by atoms with E-state index in [9.17, 15) is 13.2 Å². The Morgan fingerprint density at radius 1 is 1.33 bits per heavy atom. The average molecular weight is 291 g/mol. The minimum atomic E-state index is -3.59. The van der Waals surface area contributed by atoms with Gasteiger partial charge in [0.05, 0.1) is 6.61 Å². The summed E-state index contributed by atoms with van der Waals surface area (Å²) >= 11 is 0.778. The number of hydrogen-bond donors (Lipinski definition) is 1. The van der Waals surface area contributed by atoms with E-state index < -0.39 is 16.0 Å². The van der Waals surface area contributed by atoms with Gasteiger partial charge in [0.1, 0.15) is 9.09 Å². The fourth-order valence-electron chi connectivity index (χ4n) is 1.66. The molecule has 2 heterocycles. The molecule has 2 rings (SSSR count). The number of hydrogen-bond acceptors (Lipinski definition) is 5. The number of carboxylic acids is 1. The molecule has 1 N–H and O–H groups in total. The van der Waals surface area contributed by atoms with Gasteiger partial charge in [-0.3, -0.25) is 0 Å². The largest absolute Gasteiger partial charge is 0.477 e. The average Bonchev–Trinajstić information content (AvgIpc) is 2.66. The lowest BCUT2D eigenvalue weighted by molar-refractivity contribution is 0.0702. The third-order valence-electron chi connectivity index (χ3n) is 2.57. The van der Waals surface area contributed by atoms with E-state index in [-0.39, 0.29) is 9.09 Å². The third-order valence-corrected chi connectivity index (χ3v) is 6.01. The van der Waals surface area contributed by atoms with Gasteiger partial charge in [0.15, 0.2) is 0 Å². The van der Waals surface area contributed by atoms with Crippen LogP contribution in [0.3, 0.4) is 0 Å². The minimum Gasteiger partial charge on any atom is -0.477 e. The Kier molecular flexibility index (Phi) is 4.00. The summed E-state index contributed by atoms with van der Waals surface area (Å²) in [4.78, 5) is 10.8. The van der Waals surface area contributed by atoms with Crippen LogP contribution in [0.4, 0.5) is 0 Å². The Hall–Kier alpha value is -0.960. The molecule has 0 amide bonds. The van der Waals surface area contributed by atoms with Gasteiger partial charge in [-0.25, -0.2) is 13.2 Å². The van der Waals surface area contributed by atoms with Crippen molar-refractivity contribution in [2.75, 3.05) is 26.3 Å². The van der Waals surface area contributed by atoms with Gasteiger partial charge in [-0.1, -0.05) is 0 Å². The van der Waals surface area contributed by atoms with Gasteiger partial charge in [0.25, 0.3) is 10.0 Å². The Morgan fingerprint density at radius 3 is 2.78 bits per heavy atom. The summed E-state index contributed by atoms with van der Waals surface area (Å²) in [5, 5.41) is 8.80. The molecule has 1 aliphatic rings. The van der Waals surface area contributed by atoms with Crippen LogP contribution in [0, 0.1) is 0 Å². The van der Waals surface area contributed by atoms with Crippen LogP contribution in [0.2, 0.25) is 0 Å². The van der Waals surface area contributed by atoms with Crippen molar-refractivity contribution in [2.45, 2.75) is 10.6 Å². The lowest BCUT2D eigenvalue weighted by Gasteiger charge is -2.17. The predicted octanol–water partition coefficient (Wildman–Crippen LogP) is 0.857. The van der Waals surface area contributed by atoms with E-state index in [1.807, 2.05) is 0 Å². The zero-order chi connectivity index (χ0) is 13.2. The maximum atomic E-state index is 12.3.